The second kappa shape index (κ2) is 9.04. The molecular formula is C22H30N2O2. The van der Waals surface area contributed by atoms with Gasteiger partial charge in [0.05, 0.1) is 0 Å². The lowest BCUT2D eigenvalue weighted by molar-refractivity contribution is -0.128. The lowest BCUT2D eigenvalue weighted by Crippen LogP contribution is -2.39. The SMILES string of the molecule is CCC(Oc1cccc2ccccc12)C(=O)NCCC1CCN(C)CC1. The van der Waals surface area contributed by atoms with E-state index in [1.165, 1.54) is 25.9 Å². The summed E-state index contributed by atoms with van der Waals surface area (Å²) in [6.45, 7) is 5.07. The van der Waals surface area contributed by atoms with Crippen molar-refractivity contribution in [3.05, 3.63) is 42.5 Å². The monoisotopic (exact) mass is 354 g/mol. The van der Waals surface area contributed by atoms with Crippen molar-refractivity contribution in [2.75, 3.05) is 26.7 Å². The first kappa shape index (κ1) is 18.7. The van der Waals surface area contributed by atoms with E-state index in [-0.39, 0.29) is 5.91 Å². The van der Waals surface area contributed by atoms with E-state index in [1.807, 2.05) is 37.3 Å². The first-order chi connectivity index (χ1) is 12.7. The van der Waals surface area contributed by atoms with Gasteiger partial charge in [0.15, 0.2) is 6.10 Å². The van der Waals surface area contributed by atoms with Crippen LogP contribution in [0.3, 0.4) is 0 Å². The number of hydrogen-bond acceptors (Lipinski definition) is 3. The quantitative estimate of drug-likeness (QED) is 0.821. The summed E-state index contributed by atoms with van der Waals surface area (Å²) < 4.78 is 6.08. The number of carbonyl (C=O) groups excluding carboxylic acids is 1. The second-order valence-electron chi connectivity index (χ2n) is 7.32. The van der Waals surface area contributed by atoms with Crippen molar-refractivity contribution >= 4 is 16.7 Å². The Balaban J connectivity index is 1.53. The summed E-state index contributed by atoms with van der Waals surface area (Å²) in [6.07, 6.45) is 3.73. The third-order valence-corrected chi connectivity index (χ3v) is 5.37. The Bertz CT molecular complexity index is 718. The number of benzene rings is 2. The number of fused-ring (bicyclic) bond motifs is 1. The maximum absolute atomic E-state index is 12.6. The standard InChI is InChI=1S/C22H30N2O2/c1-3-20(22(25)23-14-11-17-12-15-24(2)16-13-17)26-21-10-6-8-18-7-4-5-9-19(18)21/h4-10,17,20H,3,11-16H2,1-2H3,(H,23,25). The maximum atomic E-state index is 12.6. The van der Waals surface area contributed by atoms with Crippen molar-refractivity contribution in [3.63, 3.8) is 0 Å². The highest BCUT2D eigenvalue weighted by atomic mass is 16.5. The Hall–Kier alpha value is -2.07. The minimum absolute atomic E-state index is 0.00615. The van der Waals surface area contributed by atoms with Crippen LogP contribution in [-0.4, -0.2) is 43.6 Å². The molecule has 1 heterocycles. The predicted molar refractivity (Wildman–Crippen MR) is 107 cm³/mol. The van der Waals surface area contributed by atoms with Gasteiger partial charge in [0.1, 0.15) is 5.75 Å². The van der Waals surface area contributed by atoms with Gasteiger partial charge in [-0.15, -0.1) is 0 Å². The van der Waals surface area contributed by atoms with Crippen LogP contribution in [0.15, 0.2) is 42.5 Å². The van der Waals surface area contributed by atoms with Crippen molar-refractivity contribution in [3.8, 4) is 5.75 Å². The number of likely N-dealkylation sites (tertiary alicyclic amines) is 1. The fourth-order valence-electron chi connectivity index (χ4n) is 3.64. The number of rotatable bonds is 7. The normalized spacial score (nSPS) is 17.2. The van der Waals surface area contributed by atoms with Crippen LogP contribution in [-0.2, 0) is 4.79 Å². The molecule has 1 aliphatic heterocycles. The molecule has 4 nitrogen and oxygen atoms in total. The minimum Gasteiger partial charge on any atom is -0.480 e. The van der Waals surface area contributed by atoms with E-state index < -0.39 is 6.10 Å². The Morgan fingerprint density at radius 2 is 1.92 bits per heavy atom. The lowest BCUT2D eigenvalue weighted by Gasteiger charge is -2.29. The molecule has 4 heteroatoms. The van der Waals surface area contributed by atoms with Gasteiger partial charge in [0.25, 0.3) is 5.91 Å². The zero-order valence-corrected chi connectivity index (χ0v) is 15.9. The second-order valence-corrected chi connectivity index (χ2v) is 7.32. The number of hydrogen-bond donors (Lipinski definition) is 1. The van der Waals surface area contributed by atoms with Gasteiger partial charge in [-0.05, 0) is 63.2 Å². The Labute approximate surface area is 156 Å². The van der Waals surface area contributed by atoms with Crippen molar-refractivity contribution in [2.45, 2.75) is 38.7 Å². The molecule has 0 aromatic heterocycles. The topological polar surface area (TPSA) is 41.6 Å². The van der Waals surface area contributed by atoms with E-state index in [2.05, 4.69) is 29.4 Å². The zero-order chi connectivity index (χ0) is 18.4. The van der Waals surface area contributed by atoms with Gasteiger partial charge in [-0.1, -0.05) is 43.3 Å². The molecule has 0 saturated carbocycles. The van der Waals surface area contributed by atoms with Crippen LogP contribution in [0.2, 0.25) is 0 Å². The van der Waals surface area contributed by atoms with Crippen molar-refractivity contribution in [1.82, 2.24) is 10.2 Å². The fourth-order valence-corrected chi connectivity index (χ4v) is 3.64. The first-order valence-corrected chi connectivity index (χ1v) is 9.78. The third kappa shape index (κ3) is 4.76. The van der Waals surface area contributed by atoms with E-state index in [4.69, 9.17) is 4.74 Å². The van der Waals surface area contributed by atoms with Crippen LogP contribution in [0, 0.1) is 5.92 Å². The first-order valence-electron chi connectivity index (χ1n) is 9.78. The van der Waals surface area contributed by atoms with Gasteiger partial charge in [-0.3, -0.25) is 4.79 Å². The summed E-state index contributed by atoms with van der Waals surface area (Å²) in [5.74, 6) is 1.50. The van der Waals surface area contributed by atoms with Gasteiger partial charge < -0.3 is 15.0 Å². The highest BCUT2D eigenvalue weighted by molar-refractivity contribution is 5.89. The molecule has 2 aromatic carbocycles. The Kier molecular flexibility index (Phi) is 6.51. The van der Waals surface area contributed by atoms with Crippen LogP contribution in [0.4, 0.5) is 0 Å². The summed E-state index contributed by atoms with van der Waals surface area (Å²) in [5, 5.41) is 5.26. The highest BCUT2D eigenvalue weighted by Crippen LogP contribution is 2.26. The van der Waals surface area contributed by atoms with Crippen molar-refractivity contribution in [2.24, 2.45) is 5.92 Å². The number of nitrogens with one attached hydrogen (secondary N) is 1. The van der Waals surface area contributed by atoms with Crippen LogP contribution >= 0.6 is 0 Å². The Morgan fingerprint density at radius 3 is 2.69 bits per heavy atom. The largest absolute Gasteiger partial charge is 0.480 e. The molecule has 1 amide bonds. The molecule has 26 heavy (non-hydrogen) atoms. The molecule has 1 atom stereocenters. The molecule has 1 aliphatic rings. The average Bonchev–Trinajstić information content (AvgIpc) is 2.67. The van der Waals surface area contributed by atoms with E-state index in [0.29, 0.717) is 6.42 Å². The van der Waals surface area contributed by atoms with Crippen LogP contribution in [0.1, 0.15) is 32.6 Å². The molecule has 1 N–H and O–H groups in total. The van der Waals surface area contributed by atoms with Gasteiger partial charge >= 0.3 is 0 Å². The molecule has 1 saturated heterocycles. The van der Waals surface area contributed by atoms with Gasteiger partial charge in [0, 0.05) is 11.9 Å². The molecular weight excluding hydrogens is 324 g/mol. The molecule has 0 aliphatic carbocycles. The maximum Gasteiger partial charge on any atom is 0.261 e. The summed E-state index contributed by atoms with van der Waals surface area (Å²) in [5.41, 5.74) is 0. The predicted octanol–water partition coefficient (Wildman–Crippen LogP) is 3.85. The number of nitrogens with zero attached hydrogens (tertiary/aromatic N) is 1. The summed E-state index contributed by atoms with van der Waals surface area (Å²) in [7, 11) is 2.18. The molecule has 1 fully saturated rings. The summed E-state index contributed by atoms with van der Waals surface area (Å²) in [4.78, 5) is 14.9. The number of carbonyl (C=O) groups is 1. The van der Waals surface area contributed by atoms with E-state index >= 15 is 0 Å². The number of piperidine rings is 1. The van der Waals surface area contributed by atoms with Gasteiger partial charge in [-0.25, -0.2) is 0 Å². The summed E-state index contributed by atoms with van der Waals surface area (Å²) >= 11 is 0. The fraction of sp³-hybridized carbons (Fsp3) is 0.500. The van der Waals surface area contributed by atoms with Gasteiger partial charge in [0.2, 0.25) is 0 Å². The number of ether oxygens (including phenoxy) is 1. The highest BCUT2D eigenvalue weighted by Gasteiger charge is 2.20. The minimum atomic E-state index is -0.446. The van der Waals surface area contributed by atoms with Crippen molar-refractivity contribution < 1.29 is 9.53 Å². The molecule has 0 bridgehead atoms. The zero-order valence-electron chi connectivity index (χ0n) is 15.9. The molecule has 3 rings (SSSR count). The molecule has 140 valence electrons. The van der Waals surface area contributed by atoms with E-state index in [0.717, 1.165) is 35.4 Å². The Morgan fingerprint density at radius 1 is 1.19 bits per heavy atom. The van der Waals surface area contributed by atoms with Gasteiger partial charge in [-0.2, -0.15) is 0 Å². The van der Waals surface area contributed by atoms with Crippen LogP contribution in [0.5, 0.6) is 5.75 Å². The van der Waals surface area contributed by atoms with Crippen molar-refractivity contribution in [1.29, 1.82) is 0 Å². The third-order valence-electron chi connectivity index (χ3n) is 5.37. The molecule has 0 radical (unpaired) electrons. The number of amides is 1. The molecule has 2 aromatic rings. The van der Waals surface area contributed by atoms with Crippen LogP contribution in [0.25, 0.3) is 10.8 Å². The average molecular weight is 354 g/mol. The summed E-state index contributed by atoms with van der Waals surface area (Å²) in [6, 6.07) is 14.1. The smallest absolute Gasteiger partial charge is 0.261 e. The van der Waals surface area contributed by atoms with Crippen LogP contribution < -0.4 is 10.1 Å². The molecule has 0 spiro atoms. The molecule has 1 unspecified atom stereocenters. The van der Waals surface area contributed by atoms with E-state index in [1.54, 1.807) is 0 Å². The van der Waals surface area contributed by atoms with E-state index in [9.17, 15) is 4.79 Å². The lowest BCUT2D eigenvalue weighted by atomic mass is 9.94.